The van der Waals surface area contributed by atoms with E-state index in [1.807, 2.05) is 0 Å². The van der Waals surface area contributed by atoms with E-state index in [1.54, 1.807) is 38.4 Å². The molecule has 0 aliphatic heterocycles. The molecule has 0 fully saturated rings. The first-order chi connectivity index (χ1) is 10.8. The molecule has 0 aliphatic carbocycles. The van der Waals surface area contributed by atoms with E-state index in [-0.39, 0.29) is 22.6 Å². The van der Waals surface area contributed by atoms with E-state index in [1.165, 1.54) is 17.9 Å². The molecule has 23 heavy (non-hydrogen) atoms. The number of aryl methyl sites for hydroxylation is 1. The van der Waals surface area contributed by atoms with Crippen molar-refractivity contribution in [1.82, 2.24) is 19.2 Å². The molecular formula is C14H17ClN4O3S. The predicted molar refractivity (Wildman–Crippen MR) is 86.7 cm³/mol. The van der Waals surface area contributed by atoms with E-state index < -0.39 is 10.0 Å². The third kappa shape index (κ3) is 3.54. The van der Waals surface area contributed by atoms with Crippen LogP contribution in [-0.4, -0.2) is 42.3 Å². The summed E-state index contributed by atoms with van der Waals surface area (Å²) in [5, 5.41) is 2.41. The molecule has 1 N–H and O–H groups in total. The van der Waals surface area contributed by atoms with Gasteiger partial charge in [-0.2, -0.15) is 4.31 Å². The summed E-state index contributed by atoms with van der Waals surface area (Å²) in [5.74, 6) is -0.196. The summed E-state index contributed by atoms with van der Waals surface area (Å²) >= 11 is 5.96. The molecule has 1 heterocycles. The van der Waals surface area contributed by atoms with Crippen LogP contribution in [0.5, 0.6) is 0 Å². The molecule has 0 saturated heterocycles. The number of nitrogens with one attached hydrogen (secondary N) is 1. The van der Waals surface area contributed by atoms with Crippen molar-refractivity contribution in [2.75, 3.05) is 14.1 Å². The number of imidazole rings is 1. The summed E-state index contributed by atoms with van der Waals surface area (Å²) in [7, 11) is 0.829. The van der Waals surface area contributed by atoms with Crippen molar-refractivity contribution in [3.63, 3.8) is 0 Å². The van der Waals surface area contributed by atoms with Gasteiger partial charge in [0.15, 0.2) is 0 Å². The van der Waals surface area contributed by atoms with Crippen molar-refractivity contribution in [1.29, 1.82) is 0 Å². The maximum atomic E-state index is 12.5. The molecular weight excluding hydrogens is 340 g/mol. The van der Waals surface area contributed by atoms with Gasteiger partial charge in [-0.3, -0.25) is 4.79 Å². The van der Waals surface area contributed by atoms with Crippen LogP contribution in [0, 0.1) is 0 Å². The Kier molecular flexibility index (Phi) is 5.08. The van der Waals surface area contributed by atoms with Gasteiger partial charge in [0.25, 0.3) is 15.9 Å². The van der Waals surface area contributed by atoms with Gasteiger partial charge in [0.2, 0.25) is 5.03 Å². The van der Waals surface area contributed by atoms with Gasteiger partial charge in [-0.05, 0) is 17.7 Å². The van der Waals surface area contributed by atoms with Gasteiger partial charge in [0.05, 0.1) is 6.33 Å². The average molecular weight is 357 g/mol. The van der Waals surface area contributed by atoms with Crippen LogP contribution in [0.1, 0.15) is 15.9 Å². The third-order valence-electron chi connectivity index (χ3n) is 3.34. The zero-order valence-electron chi connectivity index (χ0n) is 12.9. The monoisotopic (exact) mass is 356 g/mol. The molecule has 2 rings (SSSR count). The van der Waals surface area contributed by atoms with Gasteiger partial charge in [-0.1, -0.05) is 23.7 Å². The SMILES string of the molecule is CNC(=O)c1ccc(CN(C)S(=O)(=O)c2ncn(C)c2Cl)cc1. The van der Waals surface area contributed by atoms with Crippen LogP contribution in [0.15, 0.2) is 35.6 Å². The van der Waals surface area contributed by atoms with Crippen molar-refractivity contribution in [3.8, 4) is 0 Å². The number of aromatic nitrogens is 2. The Morgan fingerprint density at radius 1 is 1.35 bits per heavy atom. The molecule has 1 aromatic carbocycles. The fourth-order valence-corrected chi connectivity index (χ4v) is 3.50. The minimum Gasteiger partial charge on any atom is -0.355 e. The summed E-state index contributed by atoms with van der Waals surface area (Å²) in [6.45, 7) is 0.142. The largest absolute Gasteiger partial charge is 0.355 e. The first kappa shape index (κ1) is 17.5. The number of hydrogen-bond donors (Lipinski definition) is 1. The summed E-state index contributed by atoms with van der Waals surface area (Å²) < 4.78 is 27.6. The second-order valence-corrected chi connectivity index (χ2v) is 7.31. The van der Waals surface area contributed by atoms with Crippen LogP contribution in [0.2, 0.25) is 5.15 Å². The van der Waals surface area contributed by atoms with Gasteiger partial charge < -0.3 is 9.88 Å². The van der Waals surface area contributed by atoms with Crippen LogP contribution in [-0.2, 0) is 23.6 Å². The molecule has 0 atom stereocenters. The van der Waals surface area contributed by atoms with Gasteiger partial charge >= 0.3 is 0 Å². The maximum absolute atomic E-state index is 12.5. The van der Waals surface area contributed by atoms with E-state index in [2.05, 4.69) is 10.3 Å². The molecule has 1 aromatic heterocycles. The lowest BCUT2D eigenvalue weighted by molar-refractivity contribution is 0.0963. The van der Waals surface area contributed by atoms with E-state index in [4.69, 9.17) is 11.6 Å². The highest BCUT2D eigenvalue weighted by Crippen LogP contribution is 2.22. The topological polar surface area (TPSA) is 84.3 Å². The number of nitrogens with zero attached hydrogens (tertiary/aromatic N) is 3. The number of rotatable bonds is 5. The van der Waals surface area contributed by atoms with Gasteiger partial charge in [0.1, 0.15) is 5.15 Å². The fraction of sp³-hybridized carbons (Fsp3) is 0.286. The van der Waals surface area contributed by atoms with E-state index in [0.717, 1.165) is 9.87 Å². The number of benzene rings is 1. The van der Waals surface area contributed by atoms with Crippen LogP contribution in [0.25, 0.3) is 0 Å². The molecule has 7 nitrogen and oxygen atoms in total. The molecule has 9 heteroatoms. The van der Waals surface area contributed by atoms with Crippen molar-refractivity contribution in [2.45, 2.75) is 11.6 Å². The molecule has 1 amide bonds. The molecule has 0 radical (unpaired) electrons. The van der Waals surface area contributed by atoms with E-state index in [9.17, 15) is 13.2 Å². The Hall–Kier alpha value is -1.90. The van der Waals surface area contributed by atoms with E-state index >= 15 is 0 Å². The predicted octanol–water partition coefficient (Wildman–Crippen LogP) is 1.25. The first-order valence-corrected chi connectivity index (χ1v) is 8.53. The number of carbonyl (C=O) groups excluding carboxylic acids is 1. The second kappa shape index (κ2) is 6.69. The average Bonchev–Trinajstić information content (AvgIpc) is 2.87. The van der Waals surface area contributed by atoms with Crippen LogP contribution in [0.3, 0.4) is 0 Å². The third-order valence-corrected chi connectivity index (χ3v) is 5.63. The number of hydrogen-bond acceptors (Lipinski definition) is 4. The van der Waals surface area contributed by atoms with Crippen molar-refractivity contribution >= 4 is 27.5 Å². The highest BCUT2D eigenvalue weighted by atomic mass is 35.5. The second-order valence-electron chi connectivity index (χ2n) is 4.99. The summed E-state index contributed by atoms with van der Waals surface area (Å²) in [6, 6.07) is 6.69. The first-order valence-electron chi connectivity index (χ1n) is 6.71. The maximum Gasteiger partial charge on any atom is 0.263 e. The van der Waals surface area contributed by atoms with Crippen LogP contribution >= 0.6 is 11.6 Å². The van der Waals surface area contributed by atoms with E-state index in [0.29, 0.717) is 5.56 Å². The molecule has 0 saturated carbocycles. The zero-order chi connectivity index (χ0) is 17.2. The fourth-order valence-electron chi connectivity index (χ4n) is 1.96. The Balaban J connectivity index is 2.19. The standard InChI is InChI=1S/C14H17ClN4O3S/c1-16-13(20)11-6-4-10(5-7-11)8-19(3)23(21,22)14-12(15)18(2)9-17-14/h4-7,9H,8H2,1-3H3,(H,16,20). The van der Waals surface area contributed by atoms with Crippen molar-refractivity contribution in [3.05, 3.63) is 46.9 Å². The minimum absolute atomic E-state index is 0.0619. The summed E-state index contributed by atoms with van der Waals surface area (Å²) in [4.78, 5) is 15.3. The number of halogens is 1. The lowest BCUT2D eigenvalue weighted by Gasteiger charge is -2.16. The normalized spacial score (nSPS) is 11.7. The Morgan fingerprint density at radius 3 is 2.43 bits per heavy atom. The van der Waals surface area contributed by atoms with Gasteiger partial charge in [-0.25, -0.2) is 13.4 Å². The molecule has 0 bridgehead atoms. The lowest BCUT2D eigenvalue weighted by Crippen LogP contribution is -2.27. The smallest absolute Gasteiger partial charge is 0.263 e. The minimum atomic E-state index is -3.79. The van der Waals surface area contributed by atoms with Crippen molar-refractivity contribution < 1.29 is 13.2 Å². The quantitative estimate of drug-likeness (QED) is 0.874. The number of carbonyl (C=O) groups is 1. The summed E-state index contributed by atoms with van der Waals surface area (Å²) in [5.41, 5.74) is 1.25. The van der Waals surface area contributed by atoms with Crippen molar-refractivity contribution in [2.24, 2.45) is 7.05 Å². The van der Waals surface area contributed by atoms with Gasteiger partial charge in [0, 0.05) is 33.3 Å². The van der Waals surface area contributed by atoms with Gasteiger partial charge in [-0.15, -0.1) is 0 Å². The molecule has 124 valence electrons. The lowest BCUT2D eigenvalue weighted by atomic mass is 10.1. The molecule has 0 unspecified atom stereocenters. The molecule has 0 aliphatic rings. The highest BCUT2D eigenvalue weighted by molar-refractivity contribution is 7.89. The zero-order valence-corrected chi connectivity index (χ0v) is 14.5. The molecule has 0 spiro atoms. The Bertz CT molecular complexity index is 815. The summed E-state index contributed by atoms with van der Waals surface area (Å²) in [6.07, 6.45) is 1.35. The number of sulfonamides is 1. The molecule has 2 aromatic rings. The Morgan fingerprint density at radius 2 is 1.96 bits per heavy atom. The van der Waals surface area contributed by atoms with Crippen LogP contribution < -0.4 is 5.32 Å². The highest BCUT2D eigenvalue weighted by Gasteiger charge is 2.27. The number of amides is 1. The Labute approximate surface area is 139 Å². The van der Waals surface area contributed by atoms with Crippen LogP contribution in [0.4, 0.5) is 0 Å².